The molecule has 0 aliphatic rings. The molecule has 0 aliphatic carbocycles. The summed E-state index contributed by atoms with van der Waals surface area (Å²) in [6, 6.07) is 12.0. The Balaban J connectivity index is 1.95. The Morgan fingerprint density at radius 1 is 1.12 bits per heavy atom. The van der Waals surface area contributed by atoms with Crippen LogP contribution in [0.2, 0.25) is 0 Å². The summed E-state index contributed by atoms with van der Waals surface area (Å²) in [6.07, 6.45) is 6.10. The molecule has 0 aliphatic heterocycles. The number of thiocarbonyl (C=S) groups is 1. The maximum atomic E-state index is 12.6. The summed E-state index contributed by atoms with van der Waals surface area (Å²) in [7, 11) is 0. The minimum absolute atomic E-state index is 0.0892. The molecule has 6 nitrogen and oxygen atoms in total. The largest absolute Gasteiger partial charge is 0.492 e. The van der Waals surface area contributed by atoms with E-state index in [0.717, 1.165) is 12.8 Å². The summed E-state index contributed by atoms with van der Waals surface area (Å²) in [5, 5.41) is 8.36. The van der Waals surface area contributed by atoms with E-state index in [-0.39, 0.29) is 16.9 Å². The van der Waals surface area contributed by atoms with Crippen LogP contribution in [0.15, 0.2) is 59.6 Å². The first-order valence-electron chi connectivity index (χ1n) is 10.5. The highest BCUT2D eigenvalue weighted by Gasteiger charge is 2.14. The number of hydrogen-bond acceptors (Lipinski definition) is 4. The van der Waals surface area contributed by atoms with E-state index in [2.05, 4.69) is 45.4 Å². The number of rotatable bonds is 11. The van der Waals surface area contributed by atoms with Gasteiger partial charge in [0.15, 0.2) is 5.11 Å². The number of unbranched alkanes of at least 4 members (excludes halogenated alkanes) is 3. The van der Waals surface area contributed by atoms with Crippen molar-refractivity contribution in [2.75, 3.05) is 18.5 Å². The molecule has 0 spiro atoms. The van der Waals surface area contributed by atoms with Gasteiger partial charge in [0, 0.05) is 12.1 Å². The van der Waals surface area contributed by atoms with Crippen LogP contribution in [0.5, 0.6) is 5.75 Å². The van der Waals surface area contributed by atoms with Gasteiger partial charge < -0.3 is 15.4 Å². The van der Waals surface area contributed by atoms with Gasteiger partial charge in [-0.15, -0.1) is 6.58 Å². The maximum absolute atomic E-state index is 12.6. The van der Waals surface area contributed by atoms with Crippen LogP contribution >= 0.6 is 28.1 Å². The fourth-order valence-electron chi connectivity index (χ4n) is 2.85. The zero-order valence-electron chi connectivity index (χ0n) is 18.1. The third-order valence-corrected chi connectivity index (χ3v) is 5.33. The number of benzene rings is 2. The first kappa shape index (κ1) is 25.5. The number of carbonyl (C=O) groups excluding carboxylic acids is 2. The average Bonchev–Trinajstić information content (AvgIpc) is 2.78. The third kappa shape index (κ3) is 8.09. The molecule has 2 aromatic rings. The Bertz CT molecular complexity index is 965. The second-order valence-corrected chi connectivity index (χ2v) is 8.27. The first-order chi connectivity index (χ1) is 15.5. The molecule has 32 heavy (non-hydrogen) atoms. The Morgan fingerprint density at radius 2 is 1.91 bits per heavy atom. The van der Waals surface area contributed by atoms with Gasteiger partial charge in [-0.3, -0.25) is 14.9 Å². The highest BCUT2D eigenvalue weighted by molar-refractivity contribution is 9.10. The van der Waals surface area contributed by atoms with Crippen molar-refractivity contribution in [1.29, 1.82) is 0 Å². The summed E-state index contributed by atoms with van der Waals surface area (Å²) < 4.78 is 6.48. The number of anilines is 1. The summed E-state index contributed by atoms with van der Waals surface area (Å²) in [5.74, 6) is 0.0563. The van der Waals surface area contributed by atoms with E-state index >= 15 is 0 Å². The number of para-hydroxylation sites is 1. The van der Waals surface area contributed by atoms with Crippen LogP contribution in [0.3, 0.4) is 0 Å². The highest BCUT2D eigenvalue weighted by Crippen LogP contribution is 2.26. The molecule has 0 atom stereocenters. The predicted octanol–water partition coefficient (Wildman–Crippen LogP) is 5.45. The molecule has 3 N–H and O–H groups in total. The Morgan fingerprint density at radius 3 is 2.62 bits per heavy atom. The zero-order chi connectivity index (χ0) is 23.3. The van der Waals surface area contributed by atoms with Crippen molar-refractivity contribution in [3.8, 4) is 5.75 Å². The molecule has 0 unspecified atom stereocenters. The second-order valence-electron chi connectivity index (χ2n) is 7.01. The monoisotopic (exact) mass is 517 g/mol. The lowest BCUT2D eigenvalue weighted by atomic mass is 10.1. The zero-order valence-corrected chi connectivity index (χ0v) is 20.5. The van der Waals surface area contributed by atoms with Crippen molar-refractivity contribution in [3.05, 3.63) is 70.7 Å². The topological polar surface area (TPSA) is 79.5 Å². The number of nitrogens with one attached hydrogen (secondary N) is 3. The molecule has 0 heterocycles. The molecule has 0 saturated carbocycles. The predicted molar refractivity (Wildman–Crippen MR) is 136 cm³/mol. The van der Waals surface area contributed by atoms with Gasteiger partial charge in [-0.2, -0.15) is 0 Å². The average molecular weight is 518 g/mol. The molecular weight excluding hydrogens is 490 g/mol. The number of ether oxygens (including phenoxy) is 1. The summed E-state index contributed by atoms with van der Waals surface area (Å²) >= 11 is 8.73. The van der Waals surface area contributed by atoms with Crippen LogP contribution in [0.4, 0.5) is 5.69 Å². The second kappa shape index (κ2) is 13.6. The highest BCUT2D eigenvalue weighted by atomic mass is 79.9. The van der Waals surface area contributed by atoms with Crippen LogP contribution in [0, 0.1) is 0 Å². The van der Waals surface area contributed by atoms with E-state index in [1.807, 2.05) is 0 Å². The molecule has 0 aromatic heterocycles. The smallest absolute Gasteiger partial charge is 0.257 e. The van der Waals surface area contributed by atoms with Crippen molar-refractivity contribution >= 4 is 50.8 Å². The summed E-state index contributed by atoms with van der Waals surface area (Å²) in [4.78, 5) is 24.9. The van der Waals surface area contributed by atoms with Crippen molar-refractivity contribution in [1.82, 2.24) is 10.6 Å². The van der Waals surface area contributed by atoms with E-state index < -0.39 is 0 Å². The molecule has 0 saturated heterocycles. The lowest BCUT2D eigenvalue weighted by Crippen LogP contribution is -2.35. The minimum atomic E-state index is -0.369. The van der Waals surface area contributed by atoms with E-state index in [0.29, 0.717) is 40.2 Å². The van der Waals surface area contributed by atoms with Crippen molar-refractivity contribution in [2.24, 2.45) is 0 Å². The van der Waals surface area contributed by atoms with Gasteiger partial charge in [0.2, 0.25) is 0 Å². The molecule has 0 radical (unpaired) electrons. The number of hydrogen-bond donors (Lipinski definition) is 3. The van der Waals surface area contributed by atoms with Gasteiger partial charge in [-0.1, -0.05) is 44.4 Å². The molecule has 2 rings (SSSR count). The summed E-state index contributed by atoms with van der Waals surface area (Å²) in [6.45, 7) is 6.74. The quantitative estimate of drug-likeness (QED) is 0.210. The van der Waals surface area contributed by atoms with Crippen LogP contribution in [-0.2, 0) is 0 Å². The van der Waals surface area contributed by atoms with Crippen LogP contribution < -0.4 is 20.7 Å². The van der Waals surface area contributed by atoms with Gasteiger partial charge >= 0.3 is 0 Å². The first-order valence-corrected chi connectivity index (χ1v) is 11.7. The lowest BCUT2D eigenvalue weighted by Gasteiger charge is -2.14. The van der Waals surface area contributed by atoms with Crippen LogP contribution in [-0.4, -0.2) is 30.1 Å². The van der Waals surface area contributed by atoms with Crippen LogP contribution in [0.1, 0.15) is 53.3 Å². The van der Waals surface area contributed by atoms with Crippen molar-refractivity contribution < 1.29 is 14.3 Å². The van der Waals surface area contributed by atoms with Gasteiger partial charge in [-0.05, 0) is 64.9 Å². The lowest BCUT2D eigenvalue weighted by molar-refractivity contribution is 0.0956. The standard InChI is InChI=1S/C24H28BrN3O3S/c1-3-5-6-9-15-31-21-13-12-17(16-19(21)25)22(29)28-24(32)27-20-11-8-7-10-18(20)23(30)26-14-4-2/h4,7-8,10-13,16H,2-3,5-6,9,14-15H2,1H3,(H,26,30)(H2,27,28,29,32). The van der Waals surface area contributed by atoms with Crippen molar-refractivity contribution in [2.45, 2.75) is 32.6 Å². The van der Waals surface area contributed by atoms with Gasteiger partial charge in [0.1, 0.15) is 5.75 Å². The molecule has 8 heteroatoms. The van der Waals surface area contributed by atoms with Gasteiger partial charge in [0.05, 0.1) is 22.3 Å². The number of amides is 2. The Kier molecular flexibility index (Phi) is 10.9. The Labute approximate surface area is 202 Å². The number of halogens is 1. The van der Waals surface area contributed by atoms with Crippen LogP contribution in [0.25, 0.3) is 0 Å². The van der Waals surface area contributed by atoms with E-state index in [1.54, 1.807) is 48.5 Å². The van der Waals surface area contributed by atoms with E-state index in [4.69, 9.17) is 17.0 Å². The van der Waals surface area contributed by atoms with Gasteiger partial charge in [-0.25, -0.2) is 0 Å². The molecule has 170 valence electrons. The van der Waals surface area contributed by atoms with E-state index in [9.17, 15) is 9.59 Å². The normalized spacial score (nSPS) is 10.2. The Hall–Kier alpha value is -2.71. The molecular formula is C24H28BrN3O3S. The third-order valence-electron chi connectivity index (χ3n) is 4.50. The summed E-state index contributed by atoms with van der Waals surface area (Å²) in [5.41, 5.74) is 1.33. The molecule has 2 amide bonds. The van der Waals surface area contributed by atoms with E-state index in [1.165, 1.54) is 12.8 Å². The molecule has 0 fully saturated rings. The van der Waals surface area contributed by atoms with Crippen molar-refractivity contribution in [3.63, 3.8) is 0 Å². The molecule has 0 bridgehead atoms. The SMILES string of the molecule is C=CCNC(=O)c1ccccc1NC(=S)NC(=O)c1ccc(OCCCCCC)c(Br)c1. The molecule has 2 aromatic carbocycles. The fourth-order valence-corrected chi connectivity index (χ4v) is 3.55. The minimum Gasteiger partial charge on any atom is -0.492 e. The maximum Gasteiger partial charge on any atom is 0.257 e. The number of carbonyl (C=O) groups is 2. The van der Waals surface area contributed by atoms with Gasteiger partial charge in [0.25, 0.3) is 11.8 Å². The fraction of sp³-hybridized carbons (Fsp3) is 0.292.